The molecule has 3 rings (SSSR count). The Hall–Kier alpha value is -3.15. The van der Waals surface area contributed by atoms with Gasteiger partial charge in [-0.25, -0.2) is 4.79 Å². The summed E-state index contributed by atoms with van der Waals surface area (Å²) in [6.45, 7) is 0.211. The molecule has 0 fully saturated rings. The number of nitrogens with zero attached hydrogens (tertiary/aromatic N) is 1. The number of carbonyl (C=O) groups excluding carboxylic acids is 2. The Kier molecular flexibility index (Phi) is 4.52. The van der Waals surface area contributed by atoms with Gasteiger partial charge in [-0.15, -0.1) is 0 Å². The van der Waals surface area contributed by atoms with E-state index in [1.54, 1.807) is 24.1 Å². The number of carboxylic acids is 1. The molecule has 2 aromatic rings. The van der Waals surface area contributed by atoms with Gasteiger partial charge in [0.1, 0.15) is 0 Å². The van der Waals surface area contributed by atoms with Crippen LogP contribution in [0.15, 0.2) is 48.5 Å². The van der Waals surface area contributed by atoms with E-state index in [2.05, 4.69) is 5.32 Å². The second-order valence-electron chi connectivity index (χ2n) is 5.99. The minimum absolute atomic E-state index is 0.105. The highest BCUT2D eigenvalue weighted by molar-refractivity contribution is 6.02. The molecule has 1 atom stereocenters. The van der Waals surface area contributed by atoms with E-state index in [1.807, 2.05) is 24.3 Å². The summed E-state index contributed by atoms with van der Waals surface area (Å²) < 4.78 is 0. The number of aromatic carboxylic acids is 1. The van der Waals surface area contributed by atoms with Gasteiger partial charge in [-0.2, -0.15) is 0 Å². The van der Waals surface area contributed by atoms with E-state index in [1.165, 1.54) is 12.1 Å². The van der Waals surface area contributed by atoms with Crippen molar-refractivity contribution >= 4 is 23.5 Å². The Balaban J connectivity index is 1.76. The summed E-state index contributed by atoms with van der Waals surface area (Å²) in [6.07, 6.45) is 0.120. The molecule has 2 N–H and O–H groups in total. The molecule has 1 heterocycles. The number of anilines is 1. The van der Waals surface area contributed by atoms with E-state index in [0.29, 0.717) is 5.56 Å². The van der Waals surface area contributed by atoms with Crippen molar-refractivity contribution in [3.8, 4) is 0 Å². The molecule has 128 valence electrons. The van der Waals surface area contributed by atoms with Gasteiger partial charge >= 0.3 is 5.97 Å². The summed E-state index contributed by atoms with van der Waals surface area (Å²) in [7, 11) is 1.70. The number of carboxylic acid groups (broad SMARTS) is 1. The maximum Gasteiger partial charge on any atom is 0.335 e. The van der Waals surface area contributed by atoms with E-state index in [0.717, 1.165) is 11.3 Å². The van der Waals surface area contributed by atoms with Gasteiger partial charge in [-0.3, -0.25) is 9.59 Å². The lowest BCUT2D eigenvalue weighted by molar-refractivity contribution is -0.127. The summed E-state index contributed by atoms with van der Waals surface area (Å²) in [6, 6.07) is 13.8. The molecule has 0 aromatic heterocycles. The lowest BCUT2D eigenvalue weighted by Gasteiger charge is -2.30. The van der Waals surface area contributed by atoms with Gasteiger partial charge in [0.25, 0.3) is 0 Å². The summed E-state index contributed by atoms with van der Waals surface area (Å²) in [4.78, 5) is 37.3. The van der Waals surface area contributed by atoms with Crippen LogP contribution in [0, 0.1) is 0 Å². The fourth-order valence-electron chi connectivity index (χ4n) is 3.00. The average molecular weight is 338 g/mol. The van der Waals surface area contributed by atoms with Crippen LogP contribution in [0.5, 0.6) is 0 Å². The monoisotopic (exact) mass is 338 g/mol. The first-order valence-corrected chi connectivity index (χ1v) is 7.93. The molecule has 6 heteroatoms. The summed E-state index contributed by atoms with van der Waals surface area (Å²) >= 11 is 0. The highest BCUT2D eigenvalue weighted by Crippen LogP contribution is 2.35. The molecule has 0 bridgehead atoms. The van der Waals surface area contributed by atoms with Crippen LogP contribution in [0.2, 0.25) is 0 Å². The van der Waals surface area contributed by atoms with Gasteiger partial charge in [-0.05, 0) is 29.3 Å². The zero-order chi connectivity index (χ0) is 18.0. The molecule has 0 spiro atoms. The van der Waals surface area contributed by atoms with Crippen molar-refractivity contribution in [2.45, 2.75) is 18.9 Å². The number of rotatable bonds is 4. The Bertz CT molecular complexity index is 847. The van der Waals surface area contributed by atoms with E-state index in [-0.39, 0.29) is 30.3 Å². The topological polar surface area (TPSA) is 86.7 Å². The molecule has 25 heavy (non-hydrogen) atoms. The SMILES string of the molecule is CN1C(=O)C[C@H](C(=O)NCc2cccc(C(=O)O)c2)c2ccccc21. The number of para-hydroxylation sites is 1. The minimum atomic E-state index is -1.01. The number of hydrogen-bond acceptors (Lipinski definition) is 3. The van der Waals surface area contributed by atoms with E-state index in [4.69, 9.17) is 5.11 Å². The molecule has 2 amide bonds. The third kappa shape index (κ3) is 3.38. The van der Waals surface area contributed by atoms with Crippen molar-refractivity contribution in [3.05, 3.63) is 65.2 Å². The van der Waals surface area contributed by atoms with Gasteiger partial charge < -0.3 is 15.3 Å². The van der Waals surface area contributed by atoms with Crippen molar-refractivity contribution in [2.24, 2.45) is 0 Å². The van der Waals surface area contributed by atoms with Crippen molar-refractivity contribution < 1.29 is 19.5 Å². The van der Waals surface area contributed by atoms with Crippen molar-refractivity contribution in [2.75, 3.05) is 11.9 Å². The molecular weight excluding hydrogens is 320 g/mol. The number of benzene rings is 2. The Morgan fingerprint density at radius 2 is 1.96 bits per heavy atom. The summed E-state index contributed by atoms with van der Waals surface area (Å²) in [5, 5.41) is 11.8. The van der Waals surface area contributed by atoms with Crippen LogP contribution in [0.1, 0.15) is 33.8 Å². The minimum Gasteiger partial charge on any atom is -0.478 e. The first-order valence-electron chi connectivity index (χ1n) is 7.93. The molecule has 0 saturated carbocycles. The quantitative estimate of drug-likeness (QED) is 0.894. The lowest BCUT2D eigenvalue weighted by Crippen LogP contribution is -2.39. The van der Waals surface area contributed by atoms with Gasteiger partial charge in [0.2, 0.25) is 11.8 Å². The third-order valence-electron chi connectivity index (χ3n) is 4.38. The van der Waals surface area contributed by atoms with E-state index in [9.17, 15) is 14.4 Å². The predicted octanol–water partition coefficient (Wildman–Crippen LogP) is 2.15. The normalized spacial score (nSPS) is 16.3. The average Bonchev–Trinajstić information content (AvgIpc) is 2.63. The molecule has 1 aliphatic rings. The van der Waals surface area contributed by atoms with Crippen molar-refractivity contribution in [3.63, 3.8) is 0 Å². The Morgan fingerprint density at radius 3 is 2.72 bits per heavy atom. The molecule has 0 aliphatic carbocycles. The summed E-state index contributed by atoms with van der Waals surface area (Å²) in [5.41, 5.74) is 2.43. The third-order valence-corrected chi connectivity index (χ3v) is 4.38. The van der Waals surface area contributed by atoms with Crippen LogP contribution in [-0.2, 0) is 16.1 Å². The number of hydrogen-bond donors (Lipinski definition) is 2. The number of carbonyl (C=O) groups is 3. The van der Waals surface area contributed by atoms with Crippen LogP contribution in [0.25, 0.3) is 0 Å². The van der Waals surface area contributed by atoms with Crippen LogP contribution >= 0.6 is 0 Å². The van der Waals surface area contributed by atoms with Crippen molar-refractivity contribution in [1.82, 2.24) is 5.32 Å². The smallest absolute Gasteiger partial charge is 0.335 e. The maximum atomic E-state index is 12.6. The predicted molar refractivity (Wildman–Crippen MR) is 92.5 cm³/mol. The Morgan fingerprint density at radius 1 is 1.20 bits per heavy atom. The fraction of sp³-hybridized carbons (Fsp3) is 0.211. The lowest BCUT2D eigenvalue weighted by atomic mass is 9.89. The van der Waals surface area contributed by atoms with Gasteiger partial charge in [0, 0.05) is 25.7 Å². The van der Waals surface area contributed by atoms with Crippen LogP contribution in [-0.4, -0.2) is 29.9 Å². The second-order valence-corrected chi connectivity index (χ2v) is 5.99. The highest BCUT2D eigenvalue weighted by atomic mass is 16.4. The zero-order valence-electron chi connectivity index (χ0n) is 13.7. The van der Waals surface area contributed by atoms with E-state index >= 15 is 0 Å². The number of amides is 2. The van der Waals surface area contributed by atoms with Crippen LogP contribution < -0.4 is 10.2 Å². The van der Waals surface area contributed by atoms with Gasteiger partial charge in [0.15, 0.2) is 0 Å². The molecule has 6 nitrogen and oxygen atoms in total. The molecule has 0 radical (unpaired) electrons. The zero-order valence-corrected chi connectivity index (χ0v) is 13.7. The van der Waals surface area contributed by atoms with Crippen LogP contribution in [0.4, 0.5) is 5.69 Å². The van der Waals surface area contributed by atoms with Gasteiger partial charge in [-0.1, -0.05) is 30.3 Å². The summed E-state index contributed by atoms with van der Waals surface area (Å²) in [5.74, 6) is -1.90. The standard InChI is InChI=1S/C19H18N2O4/c1-21-16-8-3-2-7-14(16)15(10-17(21)22)18(23)20-11-12-5-4-6-13(9-12)19(24)25/h2-9,15H,10-11H2,1H3,(H,20,23)(H,24,25)/t15-/m0/s1. The molecule has 0 unspecified atom stereocenters. The van der Waals surface area contributed by atoms with Crippen LogP contribution in [0.3, 0.4) is 0 Å². The maximum absolute atomic E-state index is 12.6. The highest BCUT2D eigenvalue weighted by Gasteiger charge is 2.33. The van der Waals surface area contributed by atoms with E-state index < -0.39 is 11.9 Å². The molecule has 1 aliphatic heterocycles. The fourth-order valence-corrected chi connectivity index (χ4v) is 3.00. The number of fused-ring (bicyclic) bond motifs is 1. The number of nitrogens with one attached hydrogen (secondary N) is 1. The molecular formula is C19H18N2O4. The second kappa shape index (κ2) is 6.76. The first-order chi connectivity index (χ1) is 12.0. The molecule has 2 aromatic carbocycles. The van der Waals surface area contributed by atoms with Gasteiger partial charge in [0.05, 0.1) is 11.5 Å². The largest absolute Gasteiger partial charge is 0.478 e. The van der Waals surface area contributed by atoms with Crippen molar-refractivity contribution in [1.29, 1.82) is 0 Å². The Labute approximate surface area is 145 Å². The first kappa shape index (κ1) is 16.7. The molecule has 0 saturated heterocycles.